The van der Waals surface area contributed by atoms with Gasteiger partial charge in [0.1, 0.15) is 18.5 Å². The van der Waals surface area contributed by atoms with Crippen molar-refractivity contribution in [2.45, 2.75) is 38.5 Å². The molecule has 1 aromatic carbocycles. The number of rotatable bonds is 9. The van der Waals surface area contributed by atoms with Crippen LogP contribution in [0.2, 0.25) is 10.0 Å². The summed E-state index contributed by atoms with van der Waals surface area (Å²) in [5.74, 6) is 0.528. The first-order valence-electron chi connectivity index (χ1n) is 9.14. The van der Waals surface area contributed by atoms with Crippen LogP contribution < -0.4 is 4.74 Å². The molecule has 0 spiro atoms. The van der Waals surface area contributed by atoms with Crippen molar-refractivity contribution in [3.8, 4) is 5.75 Å². The maximum absolute atomic E-state index is 10.5. The predicted octanol–water partition coefficient (Wildman–Crippen LogP) is 4.78. The maximum atomic E-state index is 10.5. The smallest absolute Gasteiger partial charge is 0.138 e. The van der Waals surface area contributed by atoms with Gasteiger partial charge in [-0.25, -0.2) is 0 Å². The number of benzene rings is 1. The van der Waals surface area contributed by atoms with Gasteiger partial charge in [-0.15, -0.1) is 11.3 Å². The standard InChI is InChI=1S/C20H25Cl2NO3S/c1-14-6-8-27-20(14)12-23(11-17-3-2-7-25-17)10-16(24)13-26-19-5-4-15(21)9-18(19)22/h4-6,8-9,16-17,24H,2-3,7,10-13H2,1H3. The quantitative estimate of drug-likeness (QED) is 0.622. The van der Waals surface area contributed by atoms with Crippen molar-refractivity contribution >= 4 is 34.5 Å². The summed E-state index contributed by atoms with van der Waals surface area (Å²) < 4.78 is 11.5. The SMILES string of the molecule is Cc1ccsc1CN(CC(O)COc1ccc(Cl)cc1Cl)CC1CCCO1. The third kappa shape index (κ3) is 6.34. The van der Waals surface area contributed by atoms with Crippen molar-refractivity contribution in [2.75, 3.05) is 26.3 Å². The van der Waals surface area contributed by atoms with Crippen molar-refractivity contribution in [3.05, 3.63) is 50.1 Å². The monoisotopic (exact) mass is 429 g/mol. The first kappa shape index (κ1) is 20.9. The van der Waals surface area contributed by atoms with Crippen LogP contribution in [0.5, 0.6) is 5.75 Å². The van der Waals surface area contributed by atoms with Gasteiger partial charge in [0.2, 0.25) is 0 Å². The number of hydrogen-bond acceptors (Lipinski definition) is 5. The van der Waals surface area contributed by atoms with E-state index in [2.05, 4.69) is 23.3 Å². The molecule has 2 heterocycles. The lowest BCUT2D eigenvalue weighted by Gasteiger charge is -2.27. The van der Waals surface area contributed by atoms with E-state index in [0.29, 0.717) is 22.3 Å². The van der Waals surface area contributed by atoms with Gasteiger partial charge in [-0.3, -0.25) is 4.90 Å². The van der Waals surface area contributed by atoms with Crippen LogP contribution in [-0.4, -0.2) is 48.5 Å². The maximum Gasteiger partial charge on any atom is 0.138 e. The molecular formula is C20H25Cl2NO3S. The van der Waals surface area contributed by atoms with E-state index in [9.17, 15) is 5.11 Å². The zero-order valence-electron chi connectivity index (χ0n) is 15.4. The normalized spacial score (nSPS) is 18.2. The second-order valence-electron chi connectivity index (χ2n) is 6.90. The summed E-state index contributed by atoms with van der Waals surface area (Å²) in [7, 11) is 0. The number of halogens is 2. The zero-order chi connectivity index (χ0) is 19.2. The minimum atomic E-state index is -0.626. The van der Waals surface area contributed by atoms with E-state index in [1.807, 2.05) is 0 Å². The predicted molar refractivity (Wildman–Crippen MR) is 111 cm³/mol. The lowest BCUT2D eigenvalue weighted by Crippen LogP contribution is -2.39. The van der Waals surface area contributed by atoms with Gasteiger partial charge < -0.3 is 14.6 Å². The largest absolute Gasteiger partial charge is 0.489 e. The van der Waals surface area contributed by atoms with Crippen molar-refractivity contribution < 1.29 is 14.6 Å². The van der Waals surface area contributed by atoms with Crippen LogP contribution in [0.4, 0.5) is 0 Å². The van der Waals surface area contributed by atoms with Crippen LogP contribution in [0.3, 0.4) is 0 Å². The molecule has 0 aliphatic carbocycles. The molecule has 2 atom stereocenters. The van der Waals surface area contributed by atoms with Gasteiger partial charge in [0.15, 0.2) is 0 Å². The van der Waals surface area contributed by atoms with Crippen molar-refractivity contribution in [3.63, 3.8) is 0 Å². The third-order valence-electron chi connectivity index (χ3n) is 4.62. The minimum Gasteiger partial charge on any atom is -0.489 e. The molecule has 1 aliphatic rings. The highest BCUT2D eigenvalue weighted by Crippen LogP contribution is 2.27. The highest BCUT2D eigenvalue weighted by molar-refractivity contribution is 7.10. The van der Waals surface area contributed by atoms with Gasteiger partial charge in [0.05, 0.1) is 11.1 Å². The Morgan fingerprint density at radius 3 is 2.89 bits per heavy atom. The average molecular weight is 430 g/mol. The Bertz CT molecular complexity index is 734. The summed E-state index contributed by atoms with van der Waals surface area (Å²) >= 11 is 13.8. The molecule has 0 amide bonds. The molecule has 7 heteroatoms. The topological polar surface area (TPSA) is 41.9 Å². The van der Waals surface area contributed by atoms with E-state index in [0.717, 1.165) is 32.5 Å². The Morgan fingerprint density at radius 2 is 2.22 bits per heavy atom. The second-order valence-corrected chi connectivity index (χ2v) is 8.74. The molecule has 1 N–H and O–H groups in total. The van der Waals surface area contributed by atoms with E-state index in [1.54, 1.807) is 29.5 Å². The van der Waals surface area contributed by atoms with Gasteiger partial charge in [-0.1, -0.05) is 23.2 Å². The molecule has 1 saturated heterocycles. The van der Waals surface area contributed by atoms with Crippen molar-refractivity contribution in [1.82, 2.24) is 4.90 Å². The molecule has 2 aromatic rings. The summed E-state index contributed by atoms with van der Waals surface area (Å²) in [5, 5.41) is 13.6. The molecule has 148 valence electrons. The lowest BCUT2D eigenvalue weighted by molar-refractivity contribution is 0.0317. The Balaban J connectivity index is 1.57. The van der Waals surface area contributed by atoms with E-state index < -0.39 is 6.10 Å². The number of aliphatic hydroxyl groups excluding tert-OH is 1. The molecule has 0 saturated carbocycles. The number of hydrogen-bond donors (Lipinski definition) is 1. The lowest BCUT2D eigenvalue weighted by atomic mass is 10.2. The van der Waals surface area contributed by atoms with Gasteiger partial charge in [0.25, 0.3) is 0 Å². The zero-order valence-corrected chi connectivity index (χ0v) is 17.7. The Labute approximate surface area is 174 Å². The molecule has 2 unspecified atom stereocenters. The number of thiophene rings is 1. The summed E-state index contributed by atoms with van der Waals surface area (Å²) in [5.41, 5.74) is 1.29. The fraction of sp³-hybridized carbons (Fsp3) is 0.500. The van der Waals surface area contributed by atoms with Gasteiger partial charge in [-0.2, -0.15) is 0 Å². The number of ether oxygens (including phenoxy) is 2. The van der Waals surface area contributed by atoms with Crippen molar-refractivity contribution in [1.29, 1.82) is 0 Å². The third-order valence-corrected chi connectivity index (χ3v) is 6.15. The summed E-state index contributed by atoms with van der Waals surface area (Å²) in [6, 6.07) is 7.20. The summed E-state index contributed by atoms with van der Waals surface area (Å²) in [6.07, 6.45) is 1.80. The summed E-state index contributed by atoms with van der Waals surface area (Å²) in [6.45, 7) is 5.27. The number of aryl methyl sites for hydroxylation is 1. The average Bonchev–Trinajstić information content (AvgIpc) is 3.26. The highest BCUT2D eigenvalue weighted by atomic mass is 35.5. The molecule has 4 nitrogen and oxygen atoms in total. The number of nitrogens with zero attached hydrogens (tertiary/aromatic N) is 1. The molecule has 1 aliphatic heterocycles. The fourth-order valence-electron chi connectivity index (χ4n) is 3.18. The second kappa shape index (κ2) is 10.1. The first-order chi connectivity index (χ1) is 13.0. The van der Waals surface area contributed by atoms with Crippen LogP contribution in [0.25, 0.3) is 0 Å². The molecule has 0 bridgehead atoms. The Morgan fingerprint density at radius 1 is 1.37 bits per heavy atom. The highest BCUT2D eigenvalue weighted by Gasteiger charge is 2.22. The first-order valence-corrected chi connectivity index (χ1v) is 10.8. The molecule has 0 radical (unpaired) electrons. The van der Waals surface area contributed by atoms with Crippen LogP contribution in [0.1, 0.15) is 23.3 Å². The van der Waals surface area contributed by atoms with E-state index in [4.69, 9.17) is 32.7 Å². The fourth-order valence-corrected chi connectivity index (χ4v) is 4.59. The van der Waals surface area contributed by atoms with Crippen LogP contribution >= 0.6 is 34.5 Å². The van der Waals surface area contributed by atoms with Gasteiger partial charge in [-0.05, 0) is 55.0 Å². The van der Waals surface area contributed by atoms with Crippen LogP contribution in [0.15, 0.2) is 29.6 Å². The van der Waals surface area contributed by atoms with Gasteiger partial charge >= 0.3 is 0 Å². The molecule has 3 rings (SSSR count). The van der Waals surface area contributed by atoms with Crippen LogP contribution in [-0.2, 0) is 11.3 Å². The molecule has 1 fully saturated rings. The Kier molecular flexibility index (Phi) is 7.82. The van der Waals surface area contributed by atoms with Crippen LogP contribution in [0, 0.1) is 6.92 Å². The van der Waals surface area contributed by atoms with E-state index >= 15 is 0 Å². The van der Waals surface area contributed by atoms with E-state index in [1.165, 1.54) is 10.4 Å². The minimum absolute atomic E-state index is 0.173. The number of aliphatic hydroxyl groups is 1. The van der Waals surface area contributed by atoms with Gasteiger partial charge in [0, 0.05) is 36.1 Å². The van der Waals surface area contributed by atoms with E-state index in [-0.39, 0.29) is 12.7 Å². The Hall–Kier alpha value is -0.820. The molecule has 1 aromatic heterocycles. The molecule has 27 heavy (non-hydrogen) atoms. The summed E-state index contributed by atoms with van der Waals surface area (Å²) in [4.78, 5) is 3.58. The molecular weight excluding hydrogens is 405 g/mol. The van der Waals surface area contributed by atoms with Crippen molar-refractivity contribution in [2.24, 2.45) is 0 Å².